The fourth-order valence-corrected chi connectivity index (χ4v) is 4.58. The summed E-state index contributed by atoms with van der Waals surface area (Å²) in [5.41, 5.74) is 1.35. The zero-order valence-electron chi connectivity index (χ0n) is 18.2. The van der Waals surface area contributed by atoms with Gasteiger partial charge in [-0.05, 0) is 74.5 Å². The molecule has 1 aromatic heterocycles. The van der Waals surface area contributed by atoms with Crippen LogP contribution in [0.25, 0.3) is 5.69 Å². The van der Waals surface area contributed by atoms with E-state index in [1.165, 1.54) is 43.2 Å². The molecule has 9 heteroatoms. The second-order valence-electron chi connectivity index (χ2n) is 7.96. The van der Waals surface area contributed by atoms with Gasteiger partial charge in [-0.2, -0.15) is 5.26 Å². The molecule has 0 radical (unpaired) electrons. The Kier molecular flexibility index (Phi) is 7.94. The SMILES string of the molecule is N#Cc1ccc(OC[C@H](O)CSc2nnc(CN3CCCCC3)n2-c2ccc(F)cc2)cc1. The lowest BCUT2D eigenvalue weighted by Crippen LogP contribution is -2.30. The van der Waals surface area contributed by atoms with E-state index in [0.717, 1.165) is 24.6 Å². The number of aromatic nitrogens is 3. The Morgan fingerprint density at radius 1 is 1.06 bits per heavy atom. The molecule has 1 fully saturated rings. The summed E-state index contributed by atoms with van der Waals surface area (Å²) in [5, 5.41) is 28.7. The largest absolute Gasteiger partial charge is 0.491 e. The van der Waals surface area contributed by atoms with Crippen molar-refractivity contribution in [1.29, 1.82) is 5.26 Å². The van der Waals surface area contributed by atoms with Crippen LogP contribution < -0.4 is 4.74 Å². The third kappa shape index (κ3) is 6.32. The van der Waals surface area contributed by atoms with Crippen LogP contribution in [0, 0.1) is 17.1 Å². The second kappa shape index (κ2) is 11.3. The topological polar surface area (TPSA) is 87.2 Å². The van der Waals surface area contributed by atoms with Gasteiger partial charge in [-0.3, -0.25) is 9.47 Å². The lowest BCUT2D eigenvalue weighted by Gasteiger charge is -2.26. The molecule has 0 saturated carbocycles. The number of hydrogen-bond donors (Lipinski definition) is 1. The van der Waals surface area contributed by atoms with Gasteiger partial charge in [0.05, 0.1) is 24.3 Å². The van der Waals surface area contributed by atoms with Crippen molar-refractivity contribution in [2.75, 3.05) is 25.4 Å². The van der Waals surface area contributed by atoms with E-state index < -0.39 is 6.10 Å². The highest BCUT2D eigenvalue weighted by Gasteiger charge is 2.20. The van der Waals surface area contributed by atoms with E-state index in [1.54, 1.807) is 36.4 Å². The van der Waals surface area contributed by atoms with E-state index in [1.807, 2.05) is 4.57 Å². The molecule has 1 aliphatic heterocycles. The summed E-state index contributed by atoms with van der Waals surface area (Å²) in [7, 11) is 0. The number of nitriles is 1. The van der Waals surface area contributed by atoms with Gasteiger partial charge in [0.25, 0.3) is 0 Å². The number of hydrogen-bond acceptors (Lipinski definition) is 7. The Hall–Kier alpha value is -2.93. The zero-order valence-corrected chi connectivity index (χ0v) is 19.0. The summed E-state index contributed by atoms with van der Waals surface area (Å²) < 4.78 is 21.1. The van der Waals surface area contributed by atoms with Crippen LogP contribution in [0.4, 0.5) is 4.39 Å². The van der Waals surface area contributed by atoms with Crippen LogP contribution in [0.3, 0.4) is 0 Å². The molecule has 172 valence electrons. The number of thioether (sulfide) groups is 1. The molecule has 4 rings (SSSR count). The number of piperidine rings is 1. The zero-order chi connectivity index (χ0) is 23.0. The predicted octanol–water partition coefficient (Wildman–Crippen LogP) is 3.80. The first-order valence-electron chi connectivity index (χ1n) is 11.0. The molecule has 0 bridgehead atoms. The number of likely N-dealkylation sites (tertiary alicyclic amines) is 1. The monoisotopic (exact) mass is 467 g/mol. The Morgan fingerprint density at radius 3 is 2.48 bits per heavy atom. The molecule has 1 aliphatic rings. The number of halogens is 1. The van der Waals surface area contributed by atoms with Gasteiger partial charge in [0.1, 0.15) is 18.2 Å². The number of ether oxygens (including phenoxy) is 1. The quantitative estimate of drug-likeness (QED) is 0.479. The number of nitrogens with zero attached hydrogens (tertiary/aromatic N) is 5. The molecule has 1 atom stereocenters. The highest BCUT2D eigenvalue weighted by Crippen LogP contribution is 2.25. The van der Waals surface area contributed by atoms with Gasteiger partial charge in [-0.1, -0.05) is 18.2 Å². The average molecular weight is 468 g/mol. The van der Waals surface area contributed by atoms with Crippen LogP contribution in [-0.2, 0) is 6.54 Å². The highest BCUT2D eigenvalue weighted by molar-refractivity contribution is 7.99. The fraction of sp³-hybridized carbons (Fsp3) is 0.375. The molecule has 0 spiro atoms. The molecular weight excluding hydrogens is 441 g/mol. The van der Waals surface area contributed by atoms with E-state index >= 15 is 0 Å². The maximum absolute atomic E-state index is 13.5. The first kappa shape index (κ1) is 23.2. The Labute approximate surface area is 196 Å². The summed E-state index contributed by atoms with van der Waals surface area (Å²) in [5.74, 6) is 1.46. The molecule has 2 aromatic carbocycles. The second-order valence-corrected chi connectivity index (χ2v) is 8.95. The normalized spacial score (nSPS) is 15.2. The lowest BCUT2D eigenvalue weighted by atomic mass is 10.1. The van der Waals surface area contributed by atoms with Crippen molar-refractivity contribution >= 4 is 11.8 Å². The van der Waals surface area contributed by atoms with Gasteiger partial charge < -0.3 is 9.84 Å². The molecule has 3 aromatic rings. The van der Waals surface area contributed by atoms with Crippen LogP contribution in [0.2, 0.25) is 0 Å². The molecule has 0 unspecified atom stereocenters. The molecule has 0 amide bonds. The lowest BCUT2D eigenvalue weighted by molar-refractivity contribution is 0.126. The first-order chi connectivity index (χ1) is 16.1. The summed E-state index contributed by atoms with van der Waals surface area (Å²) in [4.78, 5) is 2.36. The Morgan fingerprint density at radius 2 is 1.79 bits per heavy atom. The van der Waals surface area contributed by atoms with E-state index in [2.05, 4.69) is 21.2 Å². The number of rotatable bonds is 9. The highest BCUT2D eigenvalue weighted by atomic mass is 32.2. The minimum Gasteiger partial charge on any atom is -0.491 e. The summed E-state index contributed by atoms with van der Waals surface area (Å²) in [6.45, 7) is 2.85. The van der Waals surface area contributed by atoms with Crippen molar-refractivity contribution in [3.63, 3.8) is 0 Å². The van der Waals surface area contributed by atoms with Crippen molar-refractivity contribution in [2.24, 2.45) is 0 Å². The van der Waals surface area contributed by atoms with E-state index in [0.29, 0.717) is 28.8 Å². The van der Waals surface area contributed by atoms with E-state index in [-0.39, 0.29) is 12.4 Å². The van der Waals surface area contributed by atoms with Crippen LogP contribution in [-0.4, -0.2) is 56.3 Å². The van der Waals surface area contributed by atoms with Crippen LogP contribution in [0.5, 0.6) is 5.75 Å². The van der Waals surface area contributed by atoms with Gasteiger partial charge >= 0.3 is 0 Å². The Bertz CT molecular complexity index is 1080. The van der Waals surface area contributed by atoms with Crippen molar-refractivity contribution in [2.45, 2.75) is 37.1 Å². The smallest absolute Gasteiger partial charge is 0.195 e. The molecule has 33 heavy (non-hydrogen) atoms. The molecule has 0 aliphatic carbocycles. The van der Waals surface area contributed by atoms with Crippen molar-refractivity contribution in [1.82, 2.24) is 19.7 Å². The fourth-order valence-electron chi connectivity index (χ4n) is 3.70. The van der Waals surface area contributed by atoms with Gasteiger partial charge in [-0.15, -0.1) is 10.2 Å². The summed E-state index contributed by atoms with van der Waals surface area (Å²) in [6, 6.07) is 15.1. The maximum atomic E-state index is 13.5. The Balaban J connectivity index is 1.42. The van der Waals surface area contributed by atoms with Crippen LogP contribution >= 0.6 is 11.8 Å². The third-order valence-corrected chi connectivity index (χ3v) is 6.50. The van der Waals surface area contributed by atoms with Crippen LogP contribution in [0.15, 0.2) is 53.7 Å². The number of benzene rings is 2. The molecule has 2 heterocycles. The molecular formula is C24H26FN5O2S. The van der Waals surface area contributed by atoms with Crippen molar-refractivity contribution in [3.05, 3.63) is 65.7 Å². The van der Waals surface area contributed by atoms with Crippen molar-refractivity contribution in [3.8, 4) is 17.5 Å². The number of aliphatic hydroxyl groups excluding tert-OH is 1. The average Bonchev–Trinajstić information content (AvgIpc) is 3.25. The molecule has 1 N–H and O–H groups in total. The van der Waals surface area contributed by atoms with E-state index in [4.69, 9.17) is 10.00 Å². The minimum atomic E-state index is -0.727. The standard InChI is InChI=1S/C24H26FN5O2S/c25-19-6-8-20(9-7-19)30-23(15-29-12-2-1-3-13-29)27-28-24(30)33-17-21(31)16-32-22-10-4-18(14-26)5-11-22/h4-11,21,31H,1-3,12-13,15-17H2/t21-/m0/s1. The van der Waals surface area contributed by atoms with Gasteiger partial charge in [-0.25, -0.2) is 4.39 Å². The van der Waals surface area contributed by atoms with E-state index in [9.17, 15) is 9.50 Å². The first-order valence-corrected chi connectivity index (χ1v) is 12.0. The molecule has 1 saturated heterocycles. The number of aliphatic hydroxyl groups is 1. The van der Waals surface area contributed by atoms with Gasteiger partial charge in [0, 0.05) is 11.4 Å². The van der Waals surface area contributed by atoms with Gasteiger partial charge in [0.15, 0.2) is 11.0 Å². The third-order valence-electron chi connectivity index (χ3n) is 5.43. The summed E-state index contributed by atoms with van der Waals surface area (Å²) in [6.07, 6.45) is 2.88. The van der Waals surface area contributed by atoms with Gasteiger partial charge in [0.2, 0.25) is 0 Å². The van der Waals surface area contributed by atoms with Crippen LogP contribution in [0.1, 0.15) is 30.7 Å². The molecule has 7 nitrogen and oxygen atoms in total. The predicted molar refractivity (Wildman–Crippen MR) is 124 cm³/mol. The summed E-state index contributed by atoms with van der Waals surface area (Å²) >= 11 is 1.38. The maximum Gasteiger partial charge on any atom is 0.195 e. The minimum absolute atomic E-state index is 0.115. The van der Waals surface area contributed by atoms with Crippen molar-refractivity contribution < 1.29 is 14.2 Å².